The number of anilines is 1. The molecule has 4 rings (SSSR count). The quantitative estimate of drug-likeness (QED) is 0.643. The van der Waals surface area contributed by atoms with Crippen LogP contribution in [0.4, 0.5) is 10.1 Å². The van der Waals surface area contributed by atoms with Gasteiger partial charge in [-0.15, -0.1) is 0 Å². The molecule has 1 fully saturated rings. The molecule has 3 aromatic rings. The highest BCUT2D eigenvalue weighted by Crippen LogP contribution is 2.31. The van der Waals surface area contributed by atoms with E-state index in [1.165, 1.54) is 12.3 Å². The van der Waals surface area contributed by atoms with E-state index < -0.39 is 11.0 Å². The summed E-state index contributed by atoms with van der Waals surface area (Å²) in [6.45, 7) is 2.61. The highest BCUT2D eigenvalue weighted by molar-refractivity contribution is 7.85. The fourth-order valence-corrected chi connectivity index (χ4v) is 4.27. The minimum absolute atomic E-state index is 0.306. The molecule has 1 aliphatic heterocycles. The molecule has 7 heteroatoms. The summed E-state index contributed by atoms with van der Waals surface area (Å²) in [5.74, 6) is 0.856. The van der Waals surface area contributed by atoms with Gasteiger partial charge in [0.05, 0.1) is 12.2 Å². The molecule has 5 nitrogen and oxygen atoms in total. The van der Waals surface area contributed by atoms with E-state index in [2.05, 4.69) is 14.8 Å². The molecule has 2 aromatic carbocycles. The number of benzene rings is 2. The van der Waals surface area contributed by atoms with Crippen molar-refractivity contribution in [3.8, 4) is 11.3 Å². The van der Waals surface area contributed by atoms with Crippen molar-refractivity contribution in [1.82, 2.24) is 10.1 Å². The number of halogens is 1. The van der Waals surface area contributed by atoms with Gasteiger partial charge in [0, 0.05) is 17.9 Å². The van der Waals surface area contributed by atoms with E-state index in [0.717, 1.165) is 55.1 Å². The molecule has 1 N–H and O–H groups in total. The van der Waals surface area contributed by atoms with Crippen LogP contribution in [-0.2, 0) is 17.5 Å². The van der Waals surface area contributed by atoms with Gasteiger partial charge in [-0.05, 0) is 49.5 Å². The van der Waals surface area contributed by atoms with Crippen molar-refractivity contribution in [2.75, 3.05) is 24.1 Å². The number of nitrogens with zero attached hydrogens (tertiary/aromatic N) is 2. The second-order valence-electron chi connectivity index (χ2n) is 7.39. The average Bonchev–Trinajstić information content (AvgIpc) is 3.19. The minimum Gasteiger partial charge on any atom is -0.359 e. The first-order valence-corrected chi connectivity index (χ1v) is 11.3. The van der Waals surface area contributed by atoms with Crippen LogP contribution in [0.1, 0.15) is 30.1 Å². The Hall–Kier alpha value is -2.51. The summed E-state index contributed by atoms with van der Waals surface area (Å²) in [7, 11) is -1.29. The molecule has 0 aliphatic carbocycles. The zero-order chi connectivity index (χ0) is 20.2. The van der Waals surface area contributed by atoms with Crippen LogP contribution in [-0.4, -0.2) is 33.6 Å². The molecule has 1 atom stereocenters. The zero-order valence-electron chi connectivity index (χ0n) is 16.3. The lowest BCUT2D eigenvalue weighted by molar-refractivity contribution is 0.184. The second-order valence-corrected chi connectivity index (χ2v) is 8.50. The largest absolute Gasteiger partial charge is 0.359 e. The molecular weight excluding hydrogens is 389 g/mol. The molecule has 0 saturated carbocycles. The van der Waals surface area contributed by atoms with Gasteiger partial charge in [0.1, 0.15) is 22.5 Å². The first-order valence-electron chi connectivity index (χ1n) is 9.71. The normalized spacial score (nSPS) is 16.6. The maximum Gasteiger partial charge on any atom is 0.151 e. The Balaban J connectivity index is 1.35. The van der Waals surface area contributed by atoms with Crippen LogP contribution in [0, 0.1) is 5.82 Å². The SMILES string of the molecule is CS(=O)Nc1cc(C2CCN(Cc3cc(-c4ccccc4)no3)CC2)ccc1F. The summed E-state index contributed by atoms with van der Waals surface area (Å²) in [6, 6.07) is 17.1. The number of aromatic nitrogens is 1. The number of hydrogen-bond donors (Lipinski definition) is 1. The molecule has 1 aromatic heterocycles. The standard InChI is InChI=1S/C22H24FN3O2S/c1-29(27)25-22-13-18(7-8-20(22)23)16-9-11-26(12-10-16)15-19-14-21(24-28-19)17-5-3-2-4-6-17/h2-8,13-14,16,25H,9-12,15H2,1H3. The van der Waals surface area contributed by atoms with Gasteiger partial charge in [0.2, 0.25) is 0 Å². The molecule has 152 valence electrons. The minimum atomic E-state index is -1.29. The first-order chi connectivity index (χ1) is 14.1. The van der Waals surface area contributed by atoms with E-state index in [1.54, 1.807) is 6.07 Å². The summed E-state index contributed by atoms with van der Waals surface area (Å²) in [4.78, 5) is 2.36. The molecule has 0 spiro atoms. The van der Waals surface area contributed by atoms with Gasteiger partial charge in [-0.25, -0.2) is 8.60 Å². The Bertz CT molecular complexity index is 985. The summed E-state index contributed by atoms with van der Waals surface area (Å²) < 4.78 is 33.5. The van der Waals surface area contributed by atoms with Crippen molar-refractivity contribution in [1.29, 1.82) is 0 Å². The number of likely N-dealkylation sites (tertiary alicyclic amines) is 1. The zero-order valence-corrected chi connectivity index (χ0v) is 17.1. The molecule has 2 heterocycles. The molecule has 0 radical (unpaired) electrons. The predicted molar refractivity (Wildman–Crippen MR) is 113 cm³/mol. The Morgan fingerprint density at radius 1 is 1.17 bits per heavy atom. The van der Waals surface area contributed by atoms with Crippen molar-refractivity contribution in [3.63, 3.8) is 0 Å². The molecule has 1 saturated heterocycles. The number of rotatable bonds is 6. The van der Waals surface area contributed by atoms with E-state index in [0.29, 0.717) is 11.6 Å². The molecule has 0 amide bonds. The van der Waals surface area contributed by atoms with E-state index >= 15 is 0 Å². The number of piperidine rings is 1. The lowest BCUT2D eigenvalue weighted by Gasteiger charge is -2.31. The van der Waals surface area contributed by atoms with Gasteiger partial charge in [0.15, 0.2) is 5.76 Å². The Labute approximate surface area is 172 Å². The van der Waals surface area contributed by atoms with E-state index in [4.69, 9.17) is 4.52 Å². The van der Waals surface area contributed by atoms with Gasteiger partial charge < -0.3 is 9.25 Å². The van der Waals surface area contributed by atoms with Gasteiger partial charge in [-0.2, -0.15) is 0 Å². The Morgan fingerprint density at radius 3 is 2.66 bits per heavy atom. The van der Waals surface area contributed by atoms with E-state index in [1.807, 2.05) is 42.5 Å². The molecule has 29 heavy (non-hydrogen) atoms. The second kappa shape index (κ2) is 8.88. The highest BCUT2D eigenvalue weighted by atomic mass is 32.2. The average molecular weight is 414 g/mol. The highest BCUT2D eigenvalue weighted by Gasteiger charge is 2.22. The van der Waals surface area contributed by atoms with Crippen LogP contribution in [0.3, 0.4) is 0 Å². The van der Waals surface area contributed by atoms with Crippen LogP contribution in [0.2, 0.25) is 0 Å². The number of nitrogens with one attached hydrogen (secondary N) is 1. The summed E-state index contributed by atoms with van der Waals surface area (Å²) in [5, 5.41) is 4.19. The lowest BCUT2D eigenvalue weighted by Crippen LogP contribution is -2.32. The fraction of sp³-hybridized carbons (Fsp3) is 0.318. The van der Waals surface area contributed by atoms with Crippen LogP contribution < -0.4 is 4.72 Å². The summed E-state index contributed by atoms with van der Waals surface area (Å²) in [5.41, 5.74) is 3.30. The lowest BCUT2D eigenvalue weighted by atomic mass is 9.89. The third kappa shape index (κ3) is 4.92. The maximum atomic E-state index is 13.9. The molecular formula is C22H24FN3O2S. The third-order valence-corrected chi connectivity index (χ3v) is 5.82. The fourth-order valence-electron chi connectivity index (χ4n) is 3.81. The van der Waals surface area contributed by atoms with Gasteiger partial charge in [-0.3, -0.25) is 4.90 Å². The van der Waals surface area contributed by atoms with Gasteiger partial charge in [-0.1, -0.05) is 41.6 Å². The smallest absolute Gasteiger partial charge is 0.151 e. The number of hydrogen-bond acceptors (Lipinski definition) is 4. The third-order valence-electron chi connectivity index (χ3n) is 5.31. The molecule has 0 bridgehead atoms. The predicted octanol–water partition coefficient (Wildman–Crippen LogP) is 4.57. The Kier molecular flexibility index (Phi) is 6.06. The Morgan fingerprint density at radius 2 is 1.93 bits per heavy atom. The van der Waals surface area contributed by atoms with Crippen LogP contribution >= 0.6 is 0 Å². The van der Waals surface area contributed by atoms with E-state index in [9.17, 15) is 8.60 Å². The van der Waals surface area contributed by atoms with Gasteiger partial charge in [0.25, 0.3) is 0 Å². The van der Waals surface area contributed by atoms with Crippen molar-refractivity contribution in [2.24, 2.45) is 0 Å². The van der Waals surface area contributed by atoms with Crippen LogP contribution in [0.5, 0.6) is 0 Å². The monoisotopic (exact) mass is 413 g/mol. The molecule has 1 aliphatic rings. The van der Waals surface area contributed by atoms with E-state index in [-0.39, 0.29) is 5.82 Å². The summed E-state index contributed by atoms with van der Waals surface area (Å²) >= 11 is 0. The van der Waals surface area contributed by atoms with Crippen molar-refractivity contribution >= 4 is 16.7 Å². The van der Waals surface area contributed by atoms with Crippen molar-refractivity contribution in [3.05, 3.63) is 71.7 Å². The van der Waals surface area contributed by atoms with Crippen LogP contribution in [0.15, 0.2) is 59.1 Å². The van der Waals surface area contributed by atoms with Gasteiger partial charge >= 0.3 is 0 Å². The van der Waals surface area contributed by atoms with Crippen molar-refractivity contribution in [2.45, 2.75) is 25.3 Å². The van der Waals surface area contributed by atoms with Crippen LogP contribution in [0.25, 0.3) is 11.3 Å². The molecule has 1 unspecified atom stereocenters. The first kappa shape index (κ1) is 19.8. The van der Waals surface area contributed by atoms with Crippen molar-refractivity contribution < 1.29 is 13.1 Å². The maximum absolute atomic E-state index is 13.9. The topological polar surface area (TPSA) is 58.4 Å². The summed E-state index contributed by atoms with van der Waals surface area (Å²) in [6.07, 6.45) is 3.47.